The van der Waals surface area contributed by atoms with E-state index in [1.54, 1.807) is 0 Å². The van der Waals surface area contributed by atoms with Gasteiger partial charge >= 0.3 is 0 Å². The van der Waals surface area contributed by atoms with Crippen LogP contribution in [0.3, 0.4) is 0 Å². The maximum Gasteiger partial charge on any atom is 0.219 e. The standard InChI is InChI=1S/C13H9F2NO2/c1-8(17)9-2-5-13(16-7-9)18-12-4-3-10(14)6-11(12)15/h2-7H,1H3. The number of ether oxygens (including phenoxy) is 1. The molecule has 0 aliphatic rings. The average Bonchev–Trinajstić information content (AvgIpc) is 2.33. The maximum absolute atomic E-state index is 13.3. The fraction of sp³-hybridized carbons (Fsp3) is 0.0769. The normalized spacial score (nSPS) is 10.2. The van der Waals surface area contributed by atoms with E-state index in [0.717, 1.165) is 12.1 Å². The van der Waals surface area contributed by atoms with Crippen LogP contribution in [0.4, 0.5) is 8.78 Å². The lowest BCUT2D eigenvalue weighted by molar-refractivity contribution is 0.101. The third kappa shape index (κ3) is 2.68. The first kappa shape index (κ1) is 12.2. The number of rotatable bonds is 3. The lowest BCUT2D eigenvalue weighted by Crippen LogP contribution is -1.95. The summed E-state index contributed by atoms with van der Waals surface area (Å²) < 4.78 is 31.1. The summed E-state index contributed by atoms with van der Waals surface area (Å²) in [6.45, 7) is 1.41. The third-order valence-electron chi connectivity index (χ3n) is 2.25. The van der Waals surface area contributed by atoms with Crippen LogP contribution in [0.1, 0.15) is 17.3 Å². The van der Waals surface area contributed by atoms with E-state index < -0.39 is 11.6 Å². The SMILES string of the molecule is CC(=O)c1ccc(Oc2ccc(F)cc2F)nc1. The number of hydrogen-bond donors (Lipinski definition) is 0. The summed E-state index contributed by atoms with van der Waals surface area (Å²) in [7, 11) is 0. The van der Waals surface area contributed by atoms with Crippen molar-refractivity contribution >= 4 is 5.78 Å². The van der Waals surface area contributed by atoms with E-state index in [1.807, 2.05) is 0 Å². The lowest BCUT2D eigenvalue weighted by atomic mass is 10.2. The minimum Gasteiger partial charge on any atom is -0.436 e. The van der Waals surface area contributed by atoms with Gasteiger partial charge in [0.1, 0.15) is 5.82 Å². The number of halogens is 2. The Labute approximate surface area is 102 Å². The smallest absolute Gasteiger partial charge is 0.219 e. The van der Waals surface area contributed by atoms with Gasteiger partial charge in [0.2, 0.25) is 5.88 Å². The summed E-state index contributed by atoms with van der Waals surface area (Å²) >= 11 is 0. The Morgan fingerprint density at radius 3 is 2.56 bits per heavy atom. The van der Waals surface area contributed by atoms with Gasteiger partial charge < -0.3 is 4.74 Å². The molecular weight excluding hydrogens is 240 g/mol. The van der Waals surface area contributed by atoms with Gasteiger partial charge in [0.15, 0.2) is 17.3 Å². The van der Waals surface area contributed by atoms with Crippen molar-refractivity contribution in [2.24, 2.45) is 0 Å². The fourth-order valence-electron chi connectivity index (χ4n) is 1.32. The molecule has 0 bridgehead atoms. The summed E-state index contributed by atoms with van der Waals surface area (Å²) in [6.07, 6.45) is 1.33. The van der Waals surface area contributed by atoms with Gasteiger partial charge in [-0.05, 0) is 25.1 Å². The number of ketones is 1. The van der Waals surface area contributed by atoms with E-state index in [2.05, 4.69) is 4.98 Å². The number of carbonyl (C=O) groups excluding carboxylic acids is 1. The van der Waals surface area contributed by atoms with Crippen LogP contribution in [0.5, 0.6) is 11.6 Å². The monoisotopic (exact) mass is 249 g/mol. The molecule has 0 radical (unpaired) electrons. The Hall–Kier alpha value is -2.30. The largest absolute Gasteiger partial charge is 0.436 e. The molecule has 18 heavy (non-hydrogen) atoms. The van der Waals surface area contributed by atoms with Gasteiger partial charge in [0.05, 0.1) is 0 Å². The molecule has 1 aromatic carbocycles. The van der Waals surface area contributed by atoms with Crippen molar-refractivity contribution in [2.45, 2.75) is 6.92 Å². The Bertz CT molecular complexity index is 582. The van der Waals surface area contributed by atoms with Crippen LogP contribution in [0.15, 0.2) is 36.5 Å². The highest BCUT2D eigenvalue weighted by Gasteiger charge is 2.07. The van der Waals surface area contributed by atoms with E-state index in [1.165, 1.54) is 31.3 Å². The van der Waals surface area contributed by atoms with Gasteiger partial charge in [-0.15, -0.1) is 0 Å². The van der Waals surface area contributed by atoms with Crippen molar-refractivity contribution in [3.63, 3.8) is 0 Å². The first-order chi connectivity index (χ1) is 8.56. The maximum atomic E-state index is 13.3. The van der Waals surface area contributed by atoms with E-state index in [-0.39, 0.29) is 17.4 Å². The molecule has 0 aliphatic carbocycles. The van der Waals surface area contributed by atoms with Crippen LogP contribution in [0.2, 0.25) is 0 Å². The van der Waals surface area contributed by atoms with E-state index in [4.69, 9.17) is 4.74 Å². The predicted octanol–water partition coefficient (Wildman–Crippen LogP) is 3.35. The molecule has 92 valence electrons. The fourth-order valence-corrected chi connectivity index (χ4v) is 1.32. The zero-order valence-electron chi connectivity index (χ0n) is 9.48. The highest BCUT2D eigenvalue weighted by molar-refractivity contribution is 5.93. The zero-order valence-corrected chi connectivity index (χ0v) is 9.48. The zero-order chi connectivity index (χ0) is 13.1. The molecule has 0 aliphatic heterocycles. The molecule has 0 saturated heterocycles. The molecule has 0 saturated carbocycles. The van der Waals surface area contributed by atoms with Gasteiger partial charge in [0, 0.05) is 23.9 Å². The molecule has 1 aromatic heterocycles. The second kappa shape index (κ2) is 4.91. The van der Waals surface area contributed by atoms with Crippen LogP contribution >= 0.6 is 0 Å². The van der Waals surface area contributed by atoms with Gasteiger partial charge in [-0.1, -0.05) is 0 Å². The summed E-state index contributed by atoms with van der Waals surface area (Å²) in [4.78, 5) is 14.9. The van der Waals surface area contributed by atoms with E-state index >= 15 is 0 Å². The van der Waals surface area contributed by atoms with Crippen LogP contribution in [0, 0.1) is 11.6 Å². The summed E-state index contributed by atoms with van der Waals surface area (Å²) in [5.74, 6) is -1.61. The Kier molecular flexibility index (Phi) is 3.32. The molecule has 0 amide bonds. The molecule has 5 heteroatoms. The van der Waals surface area contributed by atoms with Gasteiger partial charge in [-0.3, -0.25) is 4.79 Å². The van der Waals surface area contributed by atoms with Crippen molar-refractivity contribution < 1.29 is 18.3 Å². The summed E-state index contributed by atoms with van der Waals surface area (Å²) in [5.41, 5.74) is 0.432. The Balaban J connectivity index is 2.21. The lowest BCUT2D eigenvalue weighted by Gasteiger charge is -2.05. The third-order valence-corrected chi connectivity index (χ3v) is 2.25. The topological polar surface area (TPSA) is 39.2 Å². The molecule has 0 N–H and O–H groups in total. The van der Waals surface area contributed by atoms with Crippen LogP contribution in [-0.2, 0) is 0 Å². The number of pyridine rings is 1. The molecule has 0 fully saturated rings. The van der Waals surface area contributed by atoms with Crippen LogP contribution < -0.4 is 4.74 Å². The van der Waals surface area contributed by atoms with Crippen molar-refractivity contribution in [1.29, 1.82) is 0 Å². The minimum atomic E-state index is -0.813. The second-order valence-corrected chi connectivity index (χ2v) is 3.62. The molecule has 1 heterocycles. The number of nitrogens with zero attached hydrogens (tertiary/aromatic N) is 1. The Morgan fingerprint density at radius 2 is 2.00 bits per heavy atom. The minimum absolute atomic E-state index is 0.123. The average molecular weight is 249 g/mol. The number of carbonyl (C=O) groups is 1. The summed E-state index contributed by atoms with van der Waals surface area (Å²) in [5, 5.41) is 0. The van der Waals surface area contributed by atoms with Crippen molar-refractivity contribution in [1.82, 2.24) is 4.98 Å². The Morgan fingerprint density at radius 1 is 1.22 bits per heavy atom. The highest BCUT2D eigenvalue weighted by Crippen LogP contribution is 2.23. The molecule has 0 spiro atoms. The second-order valence-electron chi connectivity index (χ2n) is 3.62. The quantitative estimate of drug-likeness (QED) is 0.783. The van der Waals surface area contributed by atoms with E-state index in [9.17, 15) is 13.6 Å². The first-order valence-corrected chi connectivity index (χ1v) is 5.16. The van der Waals surface area contributed by atoms with Crippen molar-refractivity contribution in [3.8, 4) is 11.6 Å². The molecule has 0 atom stereocenters. The molecule has 2 rings (SSSR count). The molecule has 0 unspecified atom stereocenters. The van der Waals surface area contributed by atoms with E-state index in [0.29, 0.717) is 5.56 Å². The molecule has 3 nitrogen and oxygen atoms in total. The van der Waals surface area contributed by atoms with Gasteiger partial charge in [-0.25, -0.2) is 13.8 Å². The first-order valence-electron chi connectivity index (χ1n) is 5.16. The number of hydrogen-bond acceptors (Lipinski definition) is 3. The predicted molar refractivity (Wildman–Crippen MR) is 60.7 cm³/mol. The van der Waals surface area contributed by atoms with Crippen LogP contribution in [0.25, 0.3) is 0 Å². The number of benzene rings is 1. The number of Topliss-reactive ketones (excluding diaryl/α,β-unsaturated/α-hetero) is 1. The van der Waals surface area contributed by atoms with Crippen molar-refractivity contribution in [2.75, 3.05) is 0 Å². The van der Waals surface area contributed by atoms with Gasteiger partial charge in [-0.2, -0.15) is 0 Å². The summed E-state index contributed by atoms with van der Waals surface area (Å²) in [6, 6.07) is 5.94. The van der Waals surface area contributed by atoms with Crippen molar-refractivity contribution in [3.05, 3.63) is 53.7 Å². The van der Waals surface area contributed by atoms with Crippen LogP contribution in [-0.4, -0.2) is 10.8 Å². The number of aromatic nitrogens is 1. The molecule has 2 aromatic rings. The molecular formula is C13H9F2NO2. The highest BCUT2D eigenvalue weighted by atomic mass is 19.1. The van der Waals surface area contributed by atoms with Gasteiger partial charge in [0.25, 0.3) is 0 Å².